The molecule has 6 aromatic rings. The maximum absolute atomic E-state index is 13.3. The molecule has 53 heavy (non-hydrogen) atoms. The molecule has 0 spiro atoms. The first-order valence-corrected chi connectivity index (χ1v) is 18.0. The lowest BCUT2D eigenvalue weighted by molar-refractivity contribution is -0.156. The number of amides is 1. The summed E-state index contributed by atoms with van der Waals surface area (Å²) in [4.78, 5) is 31.0. The summed E-state index contributed by atoms with van der Waals surface area (Å²) in [6.45, 7) is 7.08. The van der Waals surface area contributed by atoms with Gasteiger partial charge in [0.05, 0.1) is 11.0 Å². The number of nitrogens with zero attached hydrogens (tertiary/aromatic N) is 5. The number of fused-ring (bicyclic) bond motifs is 1. The van der Waals surface area contributed by atoms with E-state index in [0.29, 0.717) is 23.2 Å². The van der Waals surface area contributed by atoms with Gasteiger partial charge in [-0.3, -0.25) is 4.79 Å². The first-order chi connectivity index (χ1) is 25.5. The third-order valence-electron chi connectivity index (χ3n) is 9.37. The average molecular weight is 714 g/mol. The van der Waals surface area contributed by atoms with Crippen LogP contribution in [0.2, 0.25) is 0 Å². The van der Waals surface area contributed by atoms with Gasteiger partial charge in [-0.05, 0) is 129 Å². The molecule has 0 saturated heterocycles. The SMILES string of the molecule is CC(NC(=O)c1ccc(-c2cccc(O)c2)c(COc2ccc(-c3nc4cc(-c5nn[nH]n5)ccc4n3C3CCCCC3)cc2)c1)C(=O)OC(C)(C)C. The number of aromatic hydroxyl groups is 1. The second kappa shape index (κ2) is 14.9. The van der Waals surface area contributed by atoms with Gasteiger partial charge in [0.15, 0.2) is 0 Å². The zero-order chi connectivity index (χ0) is 37.1. The summed E-state index contributed by atoms with van der Waals surface area (Å²) in [5.41, 5.74) is 5.76. The maximum atomic E-state index is 13.3. The number of imidazole rings is 1. The number of tetrazole rings is 1. The first kappa shape index (κ1) is 35.4. The lowest BCUT2D eigenvalue weighted by atomic mass is 9.95. The van der Waals surface area contributed by atoms with E-state index in [1.807, 2.05) is 48.5 Å². The topological polar surface area (TPSA) is 157 Å². The number of carbonyl (C=O) groups excluding carboxylic acids is 2. The minimum Gasteiger partial charge on any atom is -0.508 e. The van der Waals surface area contributed by atoms with Gasteiger partial charge >= 0.3 is 5.97 Å². The summed E-state index contributed by atoms with van der Waals surface area (Å²) in [5.74, 6) is 1.26. The molecule has 1 atom stereocenters. The van der Waals surface area contributed by atoms with Crippen molar-refractivity contribution in [2.75, 3.05) is 0 Å². The van der Waals surface area contributed by atoms with Crippen LogP contribution < -0.4 is 10.1 Å². The zero-order valence-electron chi connectivity index (χ0n) is 30.3. The average Bonchev–Trinajstić information content (AvgIpc) is 3.82. The van der Waals surface area contributed by atoms with Crippen LogP contribution in [0.1, 0.15) is 81.8 Å². The van der Waals surface area contributed by atoms with Crippen molar-refractivity contribution in [3.63, 3.8) is 0 Å². The van der Waals surface area contributed by atoms with Crippen molar-refractivity contribution < 1.29 is 24.2 Å². The number of carbonyl (C=O) groups is 2. The minimum atomic E-state index is -0.843. The fraction of sp³-hybridized carbons (Fsp3) is 0.317. The Bertz CT molecular complexity index is 2230. The van der Waals surface area contributed by atoms with Crippen LogP contribution in [0.15, 0.2) is 84.9 Å². The van der Waals surface area contributed by atoms with E-state index >= 15 is 0 Å². The molecule has 12 nitrogen and oxygen atoms in total. The number of rotatable bonds is 10. The number of nitrogens with one attached hydrogen (secondary N) is 2. The van der Waals surface area contributed by atoms with Gasteiger partial charge in [0.2, 0.25) is 5.82 Å². The number of phenols is 1. The van der Waals surface area contributed by atoms with E-state index in [-0.39, 0.29) is 12.4 Å². The van der Waals surface area contributed by atoms with Crippen molar-refractivity contribution in [2.45, 2.75) is 84.1 Å². The van der Waals surface area contributed by atoms with Gasteiger partial charge in [0, 0.05) is 22.7 Å². The normalized spacial score (nSPS) is 14.2. The second-order valence-electron chi connectivity index (χ2n) is 14.5. The van der Waals surface area contributed by atoms with Crippen LogP contribution >= 0.6 is 0 Å². The lowest BCUT2D eigenvalue weighted by Gasteiger charge is -2.25. The molecule has 1 fully saturated rings. The van der Waals surface area contributed by atoms with Crippen LogP contribution in [0.5, 0.6) is 11.5 Å². The van der Waals surface area contributed by atoms with E-state index in [2.05, 4.69) is 36.6 Å². The van der Waals surface area contributed by atoms with Crippen LogP contribution in [-0.4, -0.2) is 58.8 Å². The molecule has 0 bridgehead atoms. The molecule has 0 radical (unpaired) electrons. The zero-order valence-corrected chi connectivity index (χ0v) is 30.3. The van der Waals surface area contributed by atoms with Crippen molar-refractivity contribution in [3.05, 3.63) is 96.1 Å². The van der Waals surface area contributed by atoms with E-state index in [0.717, 1.165) is 57.5 Å². The van der Waals surface area contributed by atoms with Crippen LogP contribution in [-0.2, 0) is 16.1 Å². The monoisotopic (exact) mass is 713 g/mol. The second-order valence-corrected chi connectivity index (χ2v) is 14.5. The fourth-order valence-corrected chi connectivity index (χ4v) is 6.83. The smallest absolute Gasteiger partial charge is 0.328 e. The molecule has 1 amide bonds. The summed E-state index contributed by atoms with van der Waals surface area (Å²) in [6, 6.07) is 25.7. The molecule has 2 heterocycles. The largest absolute Gasteiger partial charge is 0.508 e. The highest BCUT2D eigenvalue weighted by atomic mass is 16.6. The Morgan fingerprint density at radius 1 is 0.943 bits per heavy atom. The van der Waals surface area contributed by atoms with E-state index in [1.165, 1.54) is 19.3 Å². The molecule has 3 N–H and O–H groups in total. The van der Waals surface area contributed by atoms with Gasteiger partial charge < -0.3 is 24.5 Å². The number of ether oxygens (including phenoxy) is 2. The molecule has 1 unspecified atom stereocenters. The predicted octanol–water partition coefficient (Wildman–Crippen LogP) is 7.80. The van der Waals surface area contributed by atoms with E-state index in [9.17, 15) is 14.7 Å². The number of aromatic amines is 1. The summed E-state index contributed by atoms with van der Waals surface area (Å²) in [5, 5.41) is 27.5. The highest BCUT2D eigenvalue weighted by Gasteiger charge is 2.25. The molecule has 4 aromatic carbocycles. The lowest BCUT2D eigenvalue weighted by Crippen LogP contribution is -2.42. The van der Waals surface area contributed by atoms with Crippen molar-refractivity contribution >= 4 is 22.9 Å². The van der Waals surface area contributed by atoms with Crippen molar-refractivity contribution in [1.29, 1.82) is 0 Å². The Hall–Kier alpha value is -6.04. The Morgan fingerprint density at radius 3 is 2.43 bits per heavy atom. The Labute approximate surface area is 307 Å². The number of H-pyrrole nitrogens is 1. The summed E-state index contributed by atoms with van der Waals surface area (Å²) < 4.78 is 14.1. The van der Waals surface area contributed by atoms with Gasteiger partial charge in [0.25, 0.3) is 5.91 Å². The highest BCUT2D eigenvalue weighted by molar-refractivity contribution is 5.97. The van der Waals surface area contributed by atoms with E-state index in [4.69, 9.17) is 14.5 Å². The summed E-state index contributed by atoms with van der Waals surface area (Å²) in [7, 11) is 0. The molecular formula is C41H43N7O5. The molecule has 7 rings (SSSR count). The molecule has 12 heteroatoms. The molecule has 0 aliphatic heterocycles. The molecule has 1 aliphatic rings. The van der Waals surface area contributed by atoms with Crippen LogP contribution in [0.4, 0.5) is 0 Å². The van der Waals surface area contributed by atoms with Crippen LogP contribution in [0.3, 0.4) is 0 Å². The number of aromatic nitrogens is 6. The quantitative estimate of drug-likeness (QED) is 0.121. The van der Waals surface area contributed by atoms with Crippen molar-refractivity contribution in [2.24, 2.45) is 0 Å². The molecule has 2 aromatic heterocycles. The van der Waals surface area contributed by atoms with Crippen LogP contribution in [0, 0.1) is 0 Å². The molecule has 1 aliphatic carbocycles. The number of benzene rings is 4. The molecule has 272 valence electrons. The number of hydrogen-bond acceptors (Lipinski definition) is 9. The third kappa shape index (κ3) is 8.06. The minimum absolute atomic E-state index is 0.128. The standard InChI is InChI=1S/C41H43N7O5/c1-25(40(51)53-41(2,3)4)42-39(50)29-15-19-34(27-9-8-12-32(49)22-27)30(21-29)24-52-33-17-13-26(14-18-33)38-43-35-23-28(37-44-46-47-45-37)16-20-36(35)48(38)31-10-6-5-7-11-31/h8-9,12-23,25,31,49H,5-7,10-11,24H2,1-4H3,(H,42,50)(H,44,45,46,47). The van der Waals surface area contributed by atoms with Gasteiger partial charge in [-0.2, -0.15) is 5.21 Å². The third-order valence-corrected chi connectivity index (χ3v) is 9.37. The van der Waals surface area contributed by atoms with Crippen molar-refractivity contribution in [3.8, 4) is 45.4 Å². The molecule has 1 saturated carbocycles. The van der Waals surface area contributed by atoms with E-state index in [1.54, 1.807) is 58.0 Å². The predicted molar refractivity (Wildman–Crippen MR) is 201 cm³/mol. The summed E-state index contributed by atoms with van der Waals surface area (Å²) in [6.07, 6.45) is 5.83. The van der Waals surface area contributed by atoms with Gasteiger partial charge in [0.1, 0.15) is 35.6 Å². The van der Waals surface area contributed by atoms with Crippen molar-refractivity contribution in [1.82, 2.24) is 35.5 Å². The maximum Gasteiger partial charge on any atom is 0.328 e. The Morgan fingerprint density at radius 2 is 1.72 bits per heavy atom. The Balaban J connectivity index is 1.15. The van der Waals surface area contributed by atoms with Gasteiger partial charge in [-0.1, -0.05) is 37.5 Å². The van der Waals surface area contributed by atoms with Crippen LogP contribution in [0.25, 0.3) is 44.9 Å². The number of phenolic OH excluding ortho intramolecular Hbond substituents is 1. The molecular weight excluding hydrogens is 670 g/mol. The number of hydrogen-bond donors (Lipinski definition) is 3. The van der Waals surface area contributed by atoms with E-state index < -0.39 is 23.5 Å². The van der Waals surface area contributed by atoms with Gasteiger partial charge in [-0.15, -0.1) is 10.2 Å². The fourth-order valence-electron chi connectivity index (χ4n) is 6.83. The Kier molecular flexibility index (Phi) is 9.94. The first-order valence-electron chi connectivity index (χ1n) is 18.0. The van der Waals surface area contributed by atoms with Gasteiger partial charge in [-0.25, -0.2) is 9.78 Å². The number of esters is 1. The highest BCUT2D eigenvalue weighted by Crippen LogP contribution is 2.37. The summed E-state index contributed by atoms with van der Waals surface area (Å²) >= 11 is 0.